The van der Waals surface area contributed by atoms with Crippen molar-refractivity contribution in [3.05, 3.63) is 89.5 Å². The molecule has 4 aromatic carbocycles. The van der Waals surface area contributed by atoms with Gasteiger partial charge in [0.05, 0.1) is 0 Å². The molecule has 0 N–H and O–H groups in total. The van der Waals surface area contributed by atoms with Crippen LogP contribution in [0.15, 0.2) is 78.4 Å². The van der Waals surface area contributed by atoms with Crippen LogP contribution in [0.2, 0.25) is 0 Å². The van der Waals surface area contributed by atoms with Gasteiger partial charge in [-0.25, -0.2) is 0 Å². The Labute approximate surface area is 167 Å². The molecule has 0 radical (unpaired) electrons. The number of hydrogen-bond donors (Lipinski definition) is 0. The largest absolute Gasteiger partial charge is 0.0683 e. The van der Waals surface area contributed by atoms with Gasteiger partial charge in [0.15, 0.2) is 0 Å². The number of allylic oxidation sites excluding steroid dienone is 1. The Morgan fingerprint density at radius 3 is 2.20 bits per heavy atom. The molecular weight excluding hydrogens is 379 g/mol. The van der Waals surface area contributed by atoms with E-state index in [1.165, 1.54) is 49.4 Å². The fourth-order valence-corrected chi connectivity index (χ4v) is 3.97. The van der Waals surface area contributed by atoms with Crippen molar-refractivity contribution in [1.29, 1.82) is 0 Å². The van der Waals surface area contributed by atoms with Crippen LogP contribution in [0.4, 0.5) is 0 Å². The summed E-state index contributed by atoms with van der Waals surface area (Å²) in [6.45, 7) is 2.22. The molecule has 5 rings (SSSR count). The SMILES string of the molecule is CC1=Cc2c(cccc2-c2cccc3cc4ccccc4cc23)C1.[Zr]. The molecule has 1 aliphatic carbocycles. The second-order valence-electron chi connectivity index (χ2n) is 6.77. The fraction of sp³-hybridized carbons (Fsp3) is 0.0833. The van der Waals surface area contributed by atoms with Crippen molar-refractivity contribution < 1.29 is 26.2 Å². The van der Waals surface area contributed by atoms with Crippen molar-refractivity contribution in [3.63, 3.8) is 0 Å². The molecule has 0 saturated carbocycles. The maximum atomic E-state index is 2.35. The van der Waals surface area contributed by atoms with Crippen LogP contribution in [0.25, 0.3) is 38.7 Å². The van der Waals surface area contributed by atoms with Crippen molar-refractivity contribution in [2.75, 3.05) is 0 Å². The van der Waals surface area contributed by atoms with E-state index in [9.17, 15) is 0 Å². The summed E-state index contributed by atoms with van der Waals surface area (Å²) < 4.78 is 0. The Hall–Kier alpha value is -1.98. The minimum Gasteiger partial charge on any atom is -0.0683 e. The summed E-state index contributed by atoms with van der Waals surface area (Å²) in [7, 11) is 0. The van der Waals surface area contributed by atoms with Gasteiger partial charge in [-0.05, 0) is 69.3 Å². The van der Waals surface area contributed by atoms with E-state index >= 15 is 0 Å². The molecule has 0 saturated heterocycles. The van der Waals surface area contributed by atoms with Crippen LogP contribution in [-0.2, 0) is 32.6 Å². The molecule has 0 fully saturated rings. The molecule has 0 aliphatic heterocycles. The number of hydrogen-bond acceptors (Lipinski definition) is 0. The van der Waals surface area contributed by atoms with Gasteiger partial charge in [-0.2, -0.15) is 0 Å². The second-order valence-corrected chi connectivity index (χ2v) is 6.77. The molecule has 0 nitrogen and oxygen atoms in total. The maximum absolute atomic E-state index is 2.35. The van der Waals surface area contributed by atoms with E-state index in [4.69, 9.17) is 0 Å². The van der Waals surface area contributed by atoms with E-state index in [0.29, 0.717) is 0 Å². The maximum Gasteiger partial charge on any atom is 0 e. The van der Waals surface area contributed by atoms with E-state index in [0.717, 1.165) is 6.42 Å². The van der Waals surface area contributed by atoms with Gasteiger partial charge in [0.1, 0.15) is 0 Å². The zero-order valence-electron chi connectivity index (χ0n) is 14.2. The van der Waals surface area contributed by atoms with Crippen molar-refractivity contribution in [1.82, 2.24) is 0 Å². The zero-order valence-corrected chi connectivity index (χ0v) is 16.7. The average Bonchev–Trinajstić information content (AvgIpc) is 2.99. The standard InChI is InChI=1S/C24H18.Zr/c1-16-12-19-8-4-10-21(23(19)13-16)22-11-5-9-20-14-17-6-2-3-7-18(17)15-24(20)22;/h2-11,13-15H,12H2,1H3;. The Bertz CT molecular complexity index is 1140. The second kappa shape index (κ2) is 6.39. The predicted octanol–water partition coefficient (Wildman–Crippen LogP) is 6.62. The van der Waals surface area contributed by atoms with Crippen LogP contribution in [0, 0.1) is 0 Å². The van der Waals surface area contributed by atoms with Gasteiger partial charge in [-0.3, -0.25) is 0 Å². The minimum atomic E-state index is 0. The number of benzene rings is 4. The van der Waals surface area contributed by atoms with Gasteiger partial charge < -0.3 is 0 Å². The van der Waals surface area contributed by atoms with Crippen LogP contribution < -0.4 is 0 Å². The van der Waals surface area contributed by atoms with Crippen LogP contribution in [0.3, 0.4) is 0 Å². The van der Waals surface area contributed by atoms with Crippen LogP contribution in [-0.4, -0.2) is 0 Å². The third kappa shape index (κ3) is 2.72. The smallest absolute Gasteiger partial charge is 0 e. The molecule has 0 amide bonds. The van der Waals surface area contributed by atoms with E-state index in [2.05, 4.69) is 85.8 Å². The van der Waals surface area contributed by atoms with E-state index in [1.807, 2.05) is 0 Å². The van der Waals surface area contributed by atoms with Crippen molar-refractivity contribution >= 4 is 27.6 Å². The fourth-order valence-electron chi connectivity index (χ4n) is 3.97. The molecule has 0 spiro atoms. The van der Waals surface area contributed by atoms with Crippen LogP contribution in [0.1, 0.15) is 18.1 Å². The van der Waals surface area contributed by atoms with Gasteiger partial charge in [0.2, 0.25) is 0 Å². The first kappa shape index (κ1) is 16.5. The molecule has 1 aliphatic rings. The Morgan fingerprint density at radius 2 is 1.36 bits per heavy atom. The predicted molar refractivity (Wildman–Crippen MR) is 104 cm³/mol. The van der Waals surface area contributed by atoms with Gasteiger partial charge >= 0.3 is 0 Å². The molecule has 1 heteroatoms. The minimum absolute atomic E-state index is 0. The summed E-state index contributed by atoms with van der Waals surface area (Å²) >= 11 is 0. The molecule has 0 heterocycles. The molecule has 0 bridgehead atoms. The molecule has 0 aromatic heterocycles. The first-order valence-electron chi connectivity index (χ1n) is 8.50. The molecule has 4 aromatic rings. The van der Waals surface area contributed by atoms with Crippen molar-refractivity contribution in [2.45, 2.75) is 13.3 Å². The van der Waals surface area contributed by atoms with E-state index in [1.54, 1.807) is 0 Å². The summed E-state index contributed by atoms with van der Waals surface area (Å²) in [4.78, 5) is 0. The Morgan fingerprint density at radius 1 is 0.680 bits per heavy atom. The number of rotatable bonds is 1. The topological polar surface area (TPSA) is 0 Å². The monoisotopic (exact) mass is 396 g/mol. The number of fused-ring (bicyclic) bond motifs is 3. The van der Waals surface area contributed by atoms with E-state index in [-0.39, 0.29) is 26.2 Å². The first-order chi connectivity index (χ1) is 11.8. The zero-order chi connectivity index (χ0) is 16.1. The summed E-state index contributed by atoms with van der Waals surface area (Å²) in [5.41, 5.74) is 6.98. The normalized spacial score (nSPS) is 12.8. The third-order valence-electron chi connectivity index (χ3n) is 5.09. The summed E-state index contributed by atoms with van der Waals surface area (Å²) in [6, 6.07) is 26.6. The molecule has 0 atom stereocenters. The van der Waals surface area contributed by atoms with Gasteiger partial charge in [0.25, 0.3) is 0 Å². The summed E-state index contributed by atoms with van der Waals surface area (Å²) in [5, 5.41) is 5.25. The summed E-state index contributed by atoms with van der Waals surface area (Å²) in [5.74, 6) is 0. The first-order valence-corrected chi connectivity index (χ1v) is 8.50. The van der Waals surface area contributed by atoms with Crippen molar-refractivity contribution in [2.24, 2.45) is 0 Å². The van der Waals surface area contributed by atoms with E-state index < -0.39 is 0 Å². The van der Waals surface area contributed by atoms with Crippen LogP contribution in [0.5, 0.6) is 0 Å². The summed E-state index contributed by atoms with van der Waals surface area (Å²) in [6.07, 6.45) is 3.43. The third-order valence-corrected chi connectivity index (χ3v) is 5.09. The van der Waals surface area contributed by atoms with Gasteiger partial charge in [-0.15, -0.1) is 0 Å². The molecule has 0 unspecified atom stereocenters. The van der Waals surface area contributed by atoms with Crippen LogP contribution >= 0.6 is 0 Å². The molecule has 25 heavy (non-hydrogen) atoms. The Kier molecular flexibility index (Phi) is 4.22. The Balaban J connectivity index is 0.00000157. The molecular formula is C24H18Zr. The molecule has 118 valence electrons. The van der Waals surface area contributed by atoms with Gasteiger partial charge in [-0.1, -0.05) is 72.3 Å². The average molecular weight is 398 g/mol. The quantitative estimate of drug-likeness (QED) is 0.317. The van der Waals surface area contributed by atoms with Gasteiger partial charge in [0, 0.05) is 26.2 Å². The van der Waals surface area contributed by atoms with Crippen molar-refractivity contribution in [3.8, 4) is 11.1 Å².